The lowest BCUT2D eigenvalue weighted by Crippen LogP contribution is -2.21. The highest BCUT2D eigenvalue weighted by molar-refractivity contribution is 5.64. The molecule has 1 amide bonds. The summed E-state index contributed by atoms with van der Waals surface area (Å²) in [6, 6.07) is 0. The van der Waals surface area contributed by atoms with E-state index < -0.39 is 6.09 Å². The molecule has 0 saturated heterocycles. The normalized spacial score (nSPS) is 9.09. The van der Waals surface area contributed by atoms with Crippen LogP contribution >= 0.6 is 0 Å². The SMILES string of the molecule is O=CCCCCCNC(=O)O. The van der Waals surface area contributed by atoms with Gasteiger partial charge in [-0.1, -0.05) is 6.42 Å². The Labute approximate surface area is 65.6 Å². The first kappa shape index (κ1) is 9.94. The number of carboxylic acid groups (broad SMARTS) is 1. The predicted molar refractivity (Wildman–Crippen MR) is 40.6 cm³/mol. The Morgan fingerprint density at radius 2 is 2.09 bits per heavy atom. The molecule has 0 aromatic rings. The number of aldehydes is 1. The fourth-order valence-electron chi connectivity index (χ4n) is 0.725. The van der Waals surface area contributed by atoms with Crippen molar-refractivity contribution in [2.75, 3.05) is 6.54 Å². The number of nitrogens with one attached hydrogen (secondary N) is 1. The van der Waals surface area contributed by atoms with Crippen molar-refractivity contribution in [3.63, 3.8) is 0 Å². The molecule has 11 heavy (non-hydrogen) atoms. The minimum absolute atomic E-state index is 0.480. The monoisotopic (exact) mass is 159 g/mol. The summed E-state index contributed by atoms with van der Waals surface area (Å²) in [6.45, 7) is 0.480. The Hall–Kier alpha value is -1.06. The zero-order valence-electron chi connectivity index (χ0n) is 6.38. The largest absolute Gasteiger partial charge is 0.465 e. The number of amides is 1. The van der Waals surface area contributed by atoms with Crippen LogP contribution in [-0.4, -0.2) is 24.0 Å². The van der Waals surface area contributed by atoms with Crippen molar-refractivity contribution in [2.45, 2.75) is 25.7 Å². The van der Waals surface area contributed by atoms with E-state index in [0.29, 0.717) is 13.0 Å². The fraction of sp³-hybridized carbons (Fsp3) is 0.714. The number of unbranched alkanes of at least 4 members (excludes halogenated alkanes) is 3. The molecule has 64 valence electrons. The van der Waals surface area contributed by atoms with Crippen molar-refractivity contribution < 1.29 is 14.7 Å². The number of hydrogen-bond donors (Lipinski definition) is 2. The van der Waals surface area contributed by atoms with Gasteiger partial charge in [0.2, 0.25) is 0 Å². The van der Waals surface area contributed by atoms with E-state index in [-0.39, 0.29) is 0 Å². The Balaban J connectivity index is 2.90. The topological polar surface area (TPSA) is 66.4 Å². The summed E-state index contributed by atoms with van der Waals surface area (Å²) in [5, 5.41) is 10.4. The highest BCUT2D eigenvalue weighted by Crippen LogP contribution is 1.95. The molecule has 2 N–H and O–H groups in total. The third-order valence-electron chi connectivity index (χ3n) is 1.27. The summed E-state index contributed by atoms with van der Waals surface area (Å²) in [6.07, 6.45) is 3.03. The molecule has 0 unspecified atom stereocenters. The van der Waals surface area contributed by atoms with Crippen molar-refractivity contribution >= 4 is 12.4 Å². The van der Waals surface area contributed by atoms with Gasteiger partial charge in [-0.05, 0) is 12.8 Å². The lowest BCUT2D eigenvalue weighted by Gasteiger charge is -1.98. The lowest BCUT2D eigenvalue weighted by molar-refractivity contribution is -0.107. The predicted octanol–water partition coefficient (Wildman–Crippen LogP) is 1.01. The van der Waals surface area contributed by atoms with Gasteiger partial charge in [0, 0.05) is 13.0 Å². The first-order chi connectivity index (χ1) is 5.27. The molecule has 0 aromatic carbocycles. The third kappa shape index (κ3) is 8.94. The molecule has 0 fully saturated rings. The Morgan fingerprint density at radius 1 is 1.36 bits per heavy atom. The first-order valence-corrected chi connectivity index (χ1v) is 3.68. The van der Waals surface area contributed by atoms with Crippen molar-refractivity contribution in [1.29, 1.82) is 0 Å². The average molecular weight is 159 g/mol. The van der Waals surface area contributed by atoms with Crippen molar-refractivity contribution in [2.24, 2.45) is 0 Å². The van der Waals surface area contributed by atoms with Crippen LogP contribution in [-0.2, 0) is 4.79 Å². The molecular weight excluding hydrogens is 146 g/mol. The van der Waals surface area contributed by atoms with Crippen LogP contribution < -0.4 is 5.32 Å². The second-order valence-corrected chi connectivity index (χ2v) is 2.25. The van der Waals surface area contributed by atoms with Gasteiger partial charge in [-0.2, -0.15) is 0 Å². The summed E-state index contributed by atoms with van der Waals surface area (Å²) in [4.78, 5) is 19.8. The molecule has 0 aliphatic rings. The first-order valence-electron chi connectivity index (χ1n) is 3.68. The maximum Gasteiger partial charge on any atom is 0.404 e. The maximum atomic E-state index is 9.92. The Bertz CT molecular complexity index is 125. The molecule has 0 aliphatic carbocycles. The van der Waals surface area contributed by atoms with Crippen molar-refractivity contribution in [3.05, 3.63) is 0 Å². The quantitative estimate of drug-likeness (QED) is 0.449. The summed E-state index contributed by atoms with van der Waals surface area (Å²) in [7, 11) is 0. The molecule has 0 atom stereocenters. The van der Waals surface area contributed by atoms with Gasteiger partial charge >= 0.3 is 6.09 Å². The van der Waals surface area contributed by atoms with Gasteiger partial charge in [-0.3, -0.25) is 0 Å². The Morgan fingerprint density at radius 3 is 2.64 bits per heavy atom. The van der Waals surface area contributed by atoms with E-state index in [9.17, 15) is 9.59 Å². The van der Waals surface area contributed by atoms with E-state index >= 15 is 0 Å². The van der Waals surface area contributed by atoms with Crippen LogP contribution in [0.1, 0.15) is 25.7 Å². The second kappa shape index (κ2) is 7.05. The van der Waals surface area contributed by atoms with Crippen LogP contribution in [0.3, 0.4) is 0 Å². The second-order valence-electron chi connectivity index (χ2n) is 2.25. The van der Waals surface area contributed by atoms with Crippen LogP contribution in [0.2, 0.25) is 0 Å². The fourth-order valence-corrected chi connectivity index (χ4v) is 0.725. The molecule has 4 heteroatoms. The highest BCUT2D eigenvalue weighted by atomic mass is 16.4. The van der Waals surface area contributed by atoms with Gasteiger partial charge < -0.3 is 15.2 Å². The van der Waals surface area contributed by atoms with Crippen LogP contribution in [0.5, 0.6) is 0 Å². The van der Waals surface area contributed by atoms with Gasteiger partial charge in [-0.15, -0.1) is 0 Å². The summed E-state index contributed by atoms with van der Waals surface area (Å²) < 4.78 is 0. The minimum Gasteiger partial charge on any atom is -0.465 e. The molecule has 0 aromatic heterocycles. The average Bonchev–Trinajstić information content (AvgIpc) is 1.96. The van der Waals surface area contributed by atoms with Crippen LogP contribution in [0.15, 0.2) is 0 Å². The van der Waals surface area contributed by atoms with E-state index in [0.717, 1.165) is 25.5 Å². The molecule has 4 nitrogen and oxygen atoms in total. The van der Waals surface area contributed by atoms with Gasteiger partial charge in [0.15, 0.2) is 0 Å². The zero-order valence-corrected chi connectivity index (χ0v) is 6.38. The number of carbonyl (C=O) groups is 2. The van der Waals surface area contributed by atoms with Gasteiger partial charge in [0.05, 0.1) is 0 Å². The number of carbonyl (C=O) groups excluding carboxylic acids is 1. The molecule has 0 bridgehead atoms. The summed E-state index contributed by atoms with van der Waals surface area (Å²) in [5.41, 5.74) is 0. The molecular formula is C7H13NO3. The number of hydrogen-bond acceptors (Lipinski definition) is 2. The molecule has 0 spiro atoms. The zero-order chi connectivity index (χ0) is 8.53. The molecule has 0 saturated carbocycles. The van der Waals surface area contributed by atoms with Crippen molar-refractivity contribution in [3.8, 4) is 0 Å². The van der Waals surface area contributed by atoms with Crippen molar-refractivity contribution in [1.82, 2.24) is 5.32 Å². The van der Waals surface area contributed by atoms with E-state index in [1.165, 1.54) is 0 Å². The highest BCUT2D eigenvalue weighted by Gasteiger charge is 1.92. The molecule has 0 rings (SSSR count). The summed E-state index contributed by atoms with van der Waals surface area (Å²) in [5.74, 6) is 0. The van der Waals surface area contributed by atoms with Crippen LogP contribution in [0, 0.1) is 0 Å². The van der Waals surface area contributed by atoms with Gasteiger partial charge in [-0.25, -0.2) is 4.79 Å². The smallest absolute Gasteiger partial charge is 0.404 e. The van der Waals surface area contributed by atoms with Crippen LogP contribution in [0.4, 0.5) is 4.79 Å². The minimum atomic E-state index is -0.986. The van der Waals surface area contributed by atoms with E-state index in [2.05, 4.69) is 5.32 Å². The Kier molecular flexibility index (Phi) is 6.37. The van der Waals surface area contributed by atoms with E-state index in [1.54, 1.807) is 0 Å². The number of rotatable bonds is 6. The van der Waals surface area contributed by atoms with Crippen LogP contribution in [0.25, 0.3) is 0 Å². The summed E-state index contributed by atoms with van der Waals surface area (Å²) >= 11 is 0. The molecule has 0 heterocycles. The molecule has 0 radical (unpaired) electrons. The van der Waals surface area contributed by atoms with Gasteiger partial charge in [0.1, 0.15) is 6.29 Å². The lowest BCUT2D eigenvalue weighted by atomic mass is 10.2. The van der Waals surface area contributed by atoms with E-state index in [1.807, 2.05) is 0 Å². The van der Waals surface area contributed by atoms with E-state index in [4.69, 9.17) is 5.11 Å². The van der Waals surface area contributed by atoms with Gasteiger partial charge in [0.25, 0.3) is 0 Å². The third-order valence-corrected chi connectivity index (χ3v) is 1.27. The maximum absolute atomic E-state index is 9.92. The standard InChI is InChI=1S/C7H13NO3/c9-6-4-2-1-3-5-8-7(10)11/h6,8H,1-5H2,(H,10,11). The molecule has 0 aliphatic heterocycles.